The number of urea groups is 1. The lowest BCUT2D eigenvalue weighted by molar-refractivity contribution is -0.149. The summed E-state index contributed by atoms with van der Waals surface area (Å²) in [5, 5.41) is 0. The Morgan fingerprint density at radius 1 is 1.07 bits per heavy atom. The van der Waals surface area contributed by atoms with Crippen LogP contribution < -0.4 is 0 Å². The van der Waals surface area contributed by atoms with Crippen molar-refractivity contribution in [1.82, 2.24) is 14.7 Å². The van der Waals surface area contributed by atoms with Gasteiger partial charge in [-0.2, -0.15) is 0 Å². The monoisotopic (exact) mass is 423 g/mol. The zero-order valence-corrected chi connectivity index (χ0v) is 18.9. The molecule has 8 heteroatoms. The van der Waals surface area contributed by atoms with Gasteiger partial charge in [-0.15, -0.1) is 0 Å². The molecular weight excluding hydrogens is 386 g/mol. The van der Waals surface area contributed by atoms with E-state index in [1.54, 1.807) is 4.90 Å². The van der Waals surface area contributed by atoms with Crippen LogP contribution in [0.4, 0.5) is 9.59 Å². The van der Waals surface area contributed by atoms with E-state index in [9.17, 15) is 14.4 Å². The van der Waals surface area contributed by atoms with Gasteiger partial charge < -0.3 is 24.2 Å². The number of piperidine rings is 2. The molecule has 2 atom stereocenters. The molecule has 3 heterocycles. The van der Waals surface area contributed by atoms with E-state index in [4.69, 9.17) is 9.47 Å². The Labute approximate surface area is 179 Å². The molecule has 3 fully saturated rings. The molecule has 0 spiro atoms. The third-order valence-electron chi connectivity index (χ3n) is 6.35. The quantitative estimate of drug-likeness (QED) is 0.635. The molecule has 0 radical (unpaired) electrons. The molecule has 0 aromatic rings. The lowest BCUT2D eigenvalue weighted by Crippen LogP contribution is -2.45. The van der Waals surface area contributed by atoms with E-state index in [1.807, 2.05) is 37.5 Å². The average Bonchev–Trinajstić information content (AvgIpc) is 3.01. The van der Waals surface area contributed by atoms with E-state index in [2.05, 4.69) is 0 Å². The van der Waals surface area contributed by atoms with Crippen LogP contribution in [0.3, 0.4) is 0 Å². The van der Waals surface area contributed by atoms with Gasteiger partial charge in [-0.05, 0) is 65.7 Å². The second-order valence-electron chi connectivity index (χ2n) is 9.76. The molecule has 0 aromatic heterocycles. The molecule has 3 rings (SSSR count). The molecule has 3 saturated heterocycles. The fraction of sp³-hybridized carbons (Fsp3) is 0.864. The number of carbonyl (C=O) groups is 3. The van der Waals surface area contributed by atoms with Crippen molar-refractivity contribution >= 4 is 18.1 Å². The Morgan fingerprint density at radius 2 is 1.77 bits per heavy atom. The predicted molar refractivity (Wildman–Crippen MR) is 112 cm³/mol. The Bertz CT molecular complexity index is 639. The molecule has 3 amide bonds. The summed E-state index contributed by atoms with van der Waals surface area (Å²) in [5.41, 5.74) is -0.470. The summed E-state index contributed by atoms with van der Waals surface area (Å²) in [6, 6.07) is 0.275. The van der Waals surface area contributed by atoms with Crippen LogP contribution in [-0.2, 0) is 14.3 Å². The fourth-order valence-corrected chi connectivity index (χ4v) is 4.67. The van der Waals surface area contributed by atoms with Gasteiger partial charge in [0.15, 0.2) is 0 Å². The standard InChI is InChI=1S/C22H37N3O5/c1-5-29-19(26)17-6-7-18-15-24(20(27)25(18)14-17)13-10-16-8-11-23(12-9-16)21(28)30-22(2,3)4/h16-18H,5-15H2,1-4H3. The van der Waals surface area contributed by atoms with Crippen LogP contribution in [0, 0.1) is 11.8 Å². The number of hydrogen-bond acceptors (Lipinski definition) is 5. The number of rotatable bonds is 5. The van der Waals surface area contributed by atoms with Crippen molar-refractivity contribution < 1.29 is 23.9 Å². The highest BCUT2D eigenvalue weighted by molar-refractivity contribution is 5.79. The van der Waals surface area contributed by atoms with Gasteiger partial charge in [0.25, 0.3) is 0 Å². The molecule has 0 saturated carbocycles. The number of carbonyl (C=O) groups excluding carboxylic acids is 3. The summed E-state index contributed by atoms with van der Waals surface area (Å²) in [4.78, 5) is 42.7. The summed E-state index contributed by atoms with van der Waals surface area (Å²) in [6.45, 7) is 11.2. The van der Waals surface area contributed by atoms with Crippen molar-refractivity contribution in [2.75, 3.05) is 39.3 Å². The van der Waals surface area contributed by atoms with Gasteiger partial charge in [0, 0.05) is 32.7 Å². The first-order valence-electron chi connectivity index (χ1n) is 11.4. The average molecular weight is 424 g/mol. The van der Waals surface area contributed by atoms with E-state index in [-0.39, 0.29) is 30.1 Å². The van der Waals surface area contributed by atoms with Gasteiger partial charge in [-0.25, -0.2) is 9.59 Å². The molecule has 2 unspecified atom stereocenters. The summed E-state index contributed by atoms with van der Waals surface area (Å²) in [6.07, 6.45) is 4.27. The van der Waals surface area contributed by atoms with Crippen LogP contribution in [-0.4, -0.2) is 83.8 Å². The second kappa shape index (κ2) is 9.43. The minimum atomic E-state index is -0.470. The molecule has 0 aromatic carbocycles. The highest BCUT2D eigenvalue weighted by atomic mass is 16.6. The van der Waals surface area contributed by atoms with Crippen LogP contribution in [0.15, 0.2) is 0 Å². The van der Waals surface area contributed by atoms with Gasteiger partial charge in [-0.3, -0.25) is 4.79 Å². The Hall–Kier alpha value is -1.99. The van der Waals surface area contributed by atoms with Gasteiger partial charge in [-0.1, -0.05) is 0 Å². The number of ether oxygens (including phenoxy) is 2. The summed E-state index contributed by atoms with van der Waals surface area (Å²) >= 11 is 0. The van der Waals surface area contributed by atoms with Crippen LogP contribution >= 0.6 is 0 Å². The van der Waals surface area contributed by atoms with Crippen molar-refractivity contribution in [3.8, 4) is 0 Å². The molecule has 0 N–H and O–H groups in total. The minimum absolute atomic E-state index is 0.0557. The Balaban J connectivity index is 1.42. The molecule has 0 bridgehead atoms. The van der Waals surface area contributed by atoms with Crippen molar-refractivity contribution in [2.45, 2.75) is 71.4 Å². The van der Waals surface area contributed by atoms with E-state index in [0.717, 1.165) is 45.2 Å². The maximum Gasteiger partial charge on any atom is 0.410 e. The highest BCUT2D eigenvalue weighted by Gasteiger charge is 2.43. The molecule has 170 valence electrons. The number of hydrogen-bond donors (Lipinski definition) is 0. The topological polar surface area (TPSA) is 79.4 Å². The first-order chi connectivity index (χ1) is 14.2. The number of likely N-dealkylation sites (tertiary alicyclic amines) is 1. The smallest absolute Gasteiger partial charge is 0.410 e. The maximum absolute atomic E-state index is 12.8. The number of amides is 3. The molecule has 8 nitrogen and oxygen atoms in total. The van der Waals surface area contributed by atoms with Crippen LogP contribution in [0.2, 0.25) is 0 Å². The summed E-state index contributed by atoms with van der Waals surface area (Å²) < 4.78 is 10.6. The SMILES string of the molecule is CCOC(=O)C1CCC2CN(CCC3CCN(C(=O)OC(C)(C)C)CC3)C(=O)N2C1. The van der Waals surface area contributed by atoms with Crippen molar-refractivity contribution in [2.24, 2.45) is 11.8 Å². The third-order valence-corrected chi connectivity index (χ3v) is 6.35. The molecule has 3 aliphatic heterocycles. The zero-order valence-electron chi connectivity index (χ0n) is 18.9. The first kappa shape index (κ1) is 22.7. The highest BCUT2D eigenvalue weighted by Crippen LogP contribution is 2.30. The summed E-state index contributed by atoms with van der Waals surface area (Å²) in [5.74, 6) is 0.141. The van der Waals surface area contributed by atoms with E-state index in [0.29, 0.717) is 32.2 Å². The third kappa shape index (κ3) is 5.58. The van der Waals surface area contributed by atoms with Crippen LogP contribution in [0.1, 0.15) is 59.8 Å². The normalized spacial score (nSPS) is 25.3. The zero-order chi connectivity index (χ0) is 21.9. The maximum atomic E-state index is 12.8. The van der Waals surface area contributed by atoms with Crippen LogP contribution in [0.5, 0.6) is 0 Å². The first-order valence-corrected chi connectivity index (χ1v) is 11.4. The molecule has 3 aliphatic rings. The largest absolute Gasteiger partial charge is 0.466 e. The fourth-order valence-electron chi connectivity index (χ4n) is 4.67. The van der Waals surface area contributed by atoms with E-state index >= 15 is 0 Å². The lowest BCUT2D eigenvalue weighted by Gasteiger charge is -2.34. The summed E-state index contributed by atoms with van der Waals surface area (Å²) in [7, 11) is 0. The Morgan fingerprint density at radius 3 is 2.40 bits per heavy atom. The number of fused-ring (bicyclic) bond motifs is 1. The van der Waals surface area contributed by atoms with Crippen LogP contribution in [0.25, 0.3) is 0 Å². The number of esters is 1. The lowest BCUT2D eigenvalue weighted by atomic mass is 9.93. The molecule has 0 aliphatic carbocycles. The Kier molecular flexibility index (Phi) is 7.14. The second-order valence-corrected chi connectivity index (χ2v) is 9.76. The van der Waals surface area contributed by atoms with Gasteiger partial charge in [0.1, 0.15) is 5.60 Å². The molecule has 30 heavy (non-hydrogen) atoms. The molecular formula is C22H37N3O5. The predicted octanol–water partition coefficient (Wildman–Crippen LogP) is 3.10. The van der Waals surface area contributed by atoms with E-state index < -0.39 is 5.60 Å². The van der Waals surface area contributed by atoms with Crippen molar-refractivity contribution in [3.63, 3.8) is 0 Å². The van der Waals surface area contributed by atoms with Gasteiger partial charge in [0.2, 0.25) is 0 Å². The van der Waals surface area contributed by atoms with Crippen molar-refractivity contribution in [3.05, 3.63) is 0 Å². The minimum Gasteiger partial charge on any atom is -0.466 e. The van der Waals surface area contributed by atoms with Gasteiger partial charge in [0.05, 0.1) is 18.6 Å². The van der Waals surface area contributed by atoms with Gasteiger partial charge >= 0.3 is 18.1 Å². The van der Waals surface area contributed by atoms with E-state index in [1.165, 1.54) is 0 Å². The van der Waals surface area contributed by atoms with Crippen molar-refractivity contribution in [1.29, 1.82) is 0 Å². The number of nitrogens with zero attached hydrogens (tertiary/aromatic N) is 3.